The standard InChI is InChI=1S/C11H18N4O2S/c1-8(10(16)13-11-14-12-7-18-11)15(2)9-3-5-17-6-4-9/h7-9H,3-6H2,1-2H3,(H,13,14,16). The zero-order valence-corrected chi connectivity index (χ0v) is 11.4. The van der Waals surface area contributed by atoms with E-state index >= 15 is 0 Å². The van der Waals surface area contributed by atoms with Crippen molar-refractivity contribution in [3.8, 4) is 0 Å². The number of carbonyl (C=O) groups excluding carboxylic acids is 1. The van der Waals surface area contributed by atoms with Crippen LogP contribution >= 0.6 is 11.3 Å². The van der Waals surface area contributed by atoms with E-state index in [-0.39, 0.29) is 11.9 Å². The minimum atomic E-state index is -0.183. The Hall–Kier alpha value is -1.05. The Balaban J connectivity index is 1.88. The van der Waals surface area contributed by atoms with E-state index in [9.17, 15) is 4.79 Å². The van der Waals surface area contributed by atoms with Gasteiger partial charge in [0.25, 0.3) is 0 Å². The summed E-state index contributed by atoms with van der Waals surface area (Å²) in [5.74, 6) is -0.0410. The first kappa shape index (κ1) is 13.4. The first-order chi connectivity index (χ1) is 8.68. The van der Waals surface area contributed by atoms with Crippen LogP contribution in [0.1, 0.15) is 19.8 Å². The minimum absolute atomic E-state index is 0.0410. The van der Waals surface area contributed by atoms with E-state index in [1.807, 2.05) is 14.0 Å². The SMILES string of the molecule is CC(C(=O)Nc1nncs1)N(C)C1CCOCC1. The van der Waals surface area contributed by atoms with Gasteiger partial charge in [0.05, 0.1) is 6.04 Å². The third kappa shape index (κ3) is 3.24. The van der Waals surface area contributed by atoms with Crippen LogP contribution in [0.15, 0.2) is 5.51 Å². The topological polar surface area (TPSA) is 67.4 Å². The van der Waals surface area contributed by atoms with Gasteiger partial charge in [-0.1, -0.05) is 11.3 Å². The molecule has 1 N–H and O–H groups in total. The predicted octanol–water partition coefficient (Wildman–Crippen LogP) is 0.976. The van der Waals surface area contributed by atoms with E-state index in [0.717, 1.165) is 26.1 Å². The van der Waals surface area contributed by atoms with Crippen molar-refractivity contribution in [2.75, 3.05) is 25.6 Å². The fourth-order valence-electron chi connectivity index (χ4n) is 2.03. The Morgan fingerprint density at radius 2 is 2.33 bits per heavy atom. The first-order valence-corrected chi connectivity index (χ1v) is 6.93. The smallest absolute Gasteiger partial charge is 0.243 e. The monoisotopic (exact) mass is 270 g/mol. The summed E-state index contributed by atoms with van der Waals surface area (Å²) in [6.07, 6.45) is 1.96. The molecule has 0 bridgehead atoms. The molecule has 0 spiro atoms. The number of hydrogen-bond acceptors (Lipinski definition) is 6. The Kier molecular flexibility index (Phi) is 4.62. The first-order valence-electron chi connectivity index (χ1n) is 6.05. The average Bonchev–Trinajstić information content (AvgIpc) is 2.91. The number of amides is 1. The van der Waals surface area contributed by atoms with Crippen molar-refractivity contribution in [1.82, 2.24) is 15.1 Å². The molecule has 100 valence electrons. The van der Waals surface area contributed by atoms with Gasteiger partial charge in [-0.05, 0) is 26.8 Å². The summed E-state index contributed by atoms with van der Waals surface area (Å²) in [7, 11) is 1.99. The Labute approximate surface area is 110 Å². The third-order valence-electron chi connectivity index (χ3n) is 3.35. The van der Waals surface area contributed by atoms with Gasteiger partial charge in [-0.3, -0.25) is 15.0 Å². The zero-order valence-electron chi connectivity index (χ0n) is 10.6. The molecule has 0 radical (unpaired) electrons. The molecule has 1 aromatic heterocycles. The number of rotatable bonds is 4. The van der Waals surface area contributed by atoms with Crippen LogP contribution in [-0.4, -0.2) is 53.3 Å². The Bertz CT molecular complexity index is 378. The van der Waals surface area contributed by atoms with Gasteiger partial charge in [0, 0.05) is 19.3 Å². The highest BCUT2D eigenvalue weighted by Crippen LogP contribution is 2.16. The van der Waals surface area contributed by atoms with Crippen molar-refractivity contribution in [3.05, 3.63) is 5.51 Å². The lowest BCUT2D eigenvalue weighted by atomic mass is 10.1. The summed E-state index contributed by atoms with van der Waals surface area (Å²) >= 11 is 1.32. The Morgan fingerprint density at radius 3 is 2.94 bits per heavy atom. The van der Waals surface area contributed by atoms with Crippen molar-refractivity contribution in [2.24, 2.45) is 0 Å². The van der Waals surface area contributed by atoms with E-state index in [4.69, 9.17) is 4.74 Å². The Morgan fingerprint density at radius 1 is 1.61 bits per heavy atom. The fraction of sp³-hybridized carbons (Fsp3) is 0.727. The quantitative estimate of drug-likeness (QED) is 0.883. The molecule has 1 atom stereocenters. The van der Waals surface area contributed by atoms with Gasteiger partial charge in [0.15, 0.2) is 0 Å². The summed E-state index contributed by atoms with van der Waals surface area (Å²) in [4.78, 5) is 14.2. The molecule has 7 heteroatoms. The van der Waals surface area contributed by atoms with Crippen LogP contribution in [0.5, 0.6) is 0 Å². The number of nitrogens with one attached hydrogen (secondary N) is 1. The van der Waals surface area contributed by atoms with E-state index < -0.39 is 0 Å². The number of nitrogens with zero attached hydrogens (tertiary/aromatic N) is 3. The summed E-state index contributed by atoms with van der Waals surface area (Å²) in [6, 6.07) is 0.228. The number of hydrogen-bond donors (Lipinski definition) is 1. The second-order valence-corrected chi connectivity index (χ2v) is 5.25. The fourth-order valence-corrected chi connectivity index (χ4v) is 2.48. The van der Waals surface area contributed by atoms with E-state index in [2.05, 4.69) is 20.4 Å². The molecule has 18 heavy (non-hydrogen) atoms. The molecule has 0 aromatic carbocycles. The van der Waals surface area contributed by atoms with Gasteiger partial charge >= 0.3 is 0 Å². The molecule has 2 heterocycles. The number of anilines is 1. The molecule has 0 aliphatic carbocycles. The van der Waals surface area contributed by atoms with Crippen LogP contribution < -0.4 is 5.32 Å². The summed E-state index contributed by atoms with van der Waals surface area (Å²) < 4.78 is 5.33. The number of ether oxygens (including phenoxy) is 1. The van der Waals surface area contributed by atoms with Crippen molar-refractivity contribution < 1.29 is 9.53 Å². The van der Waals surface area contributed by atoms with Crippen molar-refractivity contribution >= 4 is 22.4 Å². The molecular formula is C11H18N4O2S. The van der Waals surface area contributed by atoms with E-state index in [1.165, 1.54) is 11.3 Å². The van der Waals surface area contributed by atoms with Gasteiger partial charge in [0.1, 0.15) is 5.51 Å². The largest absolute Gasteiger partial charge is 0.381 e. The lowest BCUT2D eigenvalue weighted by molar-refractivity contribution is -0.121. The predicted molar refractivity (Wildman–Crippen MR) is 69.6 cm³/mol. The molecule has 1 saturated heterocycles. The van der Waals surface area contributed by atoms with E-state index in [0.29, 0.717) is 11.2 Å². The maximum absolute atomic E-state index is 12.0. The van der Waals surface area contributed by atoms with Crippen molar-refractivity contribution in [3.63, 3.8) is 0 Å². The third-order valence-corrected chi connectivity index (χ3v) is 3.95. The molecule has 6 nitrogen and oxygen atoms in total. The zero-order chi connectivity index (χ0) is 13.0. The van der Waals surface area contributed by atoms with Crippen LogP contribution in [0.3, 0.4) is 0 Å². The minimum Gasteiger partial charge on any atom is -0.381 e. The second kappa shape index (κ2) is 6.21. The van der Waals surface area contributed by atoms with Crippen molar-refractivity contribution in [2.45, 2.75) is 31.8 Å². The van der Waals surface area contributed by atoms with Gasteiger partial charge < -0.3 is 4.74 Å². The van der Waals surface area contributed by atoms with Crippen LogP contribution in [0.2, 0.25) is 0 Å². The maximum Gasteiger partial charge on any atom is 0.243 e. The normalized spacial score (nSPS) is 18.8. The van der Waals surface area contributed by atoms with Crippen LogP contribution in [0, 0.1) is 0 Å². The second-order valence-electron chi connectivity index (χ2n) is 4.42. The number of aromatic nitrogens is 2. The van der Waals surface area contributed by atoms with Crippen LogP contribution in [0.25, 0.3) is 0 Å². The van der Waals surface area contributed by atoms with Gasteiger partial charge in [-0.25, -0.2) is 0 Å². The molecule has 1 aliphatic heterocycles. The summed E-state index contributed by atoms with van der Waals surface area (Å²) in [5.41, 5.74) is 1.60. The lowest BCUT2D eigenvalue weighted by Crippen LogP contribution is -2.47. The molecular weight excluding hydrogens is 252 g/mol. The molecule has 0 saturated carbocycles. The highest BCUT2D eigenvalue weighted by atomic mass is 32.1. The highest BCUT2D eigenvalue weighted by molar-refractivity contribution is 7.13. The van der Waals surface area contributed by atoms with Crippen molar-refractivity contribution in [1.29, 1.82) is 0 Å². The summed E-state index contributed by atoms with van der Waals surface area (Å²) in [6.45, 7) is 3.46. The number of likely N-dealkylation sites (N-methyl/N-ethyl adjacent to an activating group) is 1. The molecule has 2 rings (SSSR count). The van der Waals surface area contributed by atoms with Gasteiger partial charge in [0.2, 0.25) is 11.0 Å². The van der Waals surface area contributed by atoms with Gasteiger partial charge in [-0.2, -0.15) is 0 Å². The maximum atomic E-state index is 12.0. The van der Waals surface area contributed by atoms with Gasteiger partial charge in [-0.15, -0.1) is 10.2 Å². The highest BCUT2D eigenvalue weighted by Gasteiger charge is 2.26. The molecule has 1 aromatic rings. The molecule has 1 fully saturated rings. The molecule has 1 unspecified atom stereocenters. The van der Waals surface area contributed by atoms with Crippen LogP contribution in [0.4, 0.5) is 5.13 Å². The van der Waals surface area contributed by atoms with E-state index in [1.54, 1.807) is 5.51 Å². The lowest BCUT2D eigenvalue weighted by Gasteiger charge is -2.34. The molecule has 1 aliphatic rings. The molecule has 1 amide bonds. The summed E-state index contributed by atoms with van der Waals surface area (Å²) in [5, 5.41) is 10.8. The number of carbonyl (C=O) groups is 1. The van der Waals surface area contributed by atoms with Crippen LogP contribution in [-0.2, 0) is 9.53 Å². The average molecular weight is 270 g/mol.